The van der Waals surface area contributed by atoms with Crippen molar-refractivity contribution in [3.05, 3.63) is 102 Å². The number of carbonyl (C=O) groups excluding carboxylic acids is 2. The van der Waals surface area contributed by atoms with Gasteiger partial charge in [-0.2, -0.15) is 4.31 Å². The SMILES string of the molecule is O=C(NC[C@@H]1CCCO1)[C@@H](Cc1ccccc1)N(Cc1ccccc1)C(=O)CCc1ccc(S(=O)(=O)N2CCCC2)cc1. The van der Waals surface area contributed by atoms with Crippen LogP contribution < -0.4 is 5.32 Å². The Labute approximate surface area is 255 Å². The van der Waals surface area contributed by atoms with Crippen LogP contribution in [0.3, 0.4) is 0 Å². The maximum Gasteiger partial charge on any atom is 0.243 e. The van der Waals surface area contributed by atoms with Crippen LogP contribution in [0.15, 0.2) is 89.8 Å². The molecule has 3 aromatic rings. The normalized spacial score (nSPS) is 17.9. The van der Waals surface area contributed by atoms with Crippen LogP contribution in [0.4, 0.5) is 0 Å². The molecule has 2 fully saturated rings. The molecule has 0 radical (unpaired) electrons. The fraction of sp³-hybridized carbons (Fsp3) is 0.412. The van der Waals surface area contributed by atoms with E-state index in [2.05, 4.69) is 5.32 Å². The first kappa shape index (κ1) is 30.9. The number of benzene rings is 3. The highest BCUT2D eigenvalue weighted by molar-refractivity contribution is 7.89. The zero-order valence-corrected chi connectivity index (χ0v) is 25.4. The third-order valence-electron chi connectivity index (χ3n) is 8.25. The van der Waals surface area contributed by atoms with Gasteiger partial charge in [0.2, 0.25) is 21.8 Å². The van der Waals surface area contributed by atoms with Crippen molar-refractivity contribution >= 4 is 21.8 Å². The standard InChI is InChI=1S/C34H41N3O5S/c38-33(20-17-27-15-18-31(19-16-27)43(40,41)36-21-7-8-22-36)37(26-29-12-5-2-6-13-29)32(24-28-10-3-1-4-11-28)34(39)35-25-30-14-9-23-42-30/h1-6,10-13,15-16,18-19,30,32H,7-9,14,17,20-26H2,(H,35,39)/t30-,32+/m0/s1. The van der Waals surface area contributed by atoms with Crippen molar-refractivity contribution in [1.82, 2.24) is 14.5 Å². The molecule has 2 atom stereocenters. The summed E-state index contributed by atoms with van der Waals surface area (Å²) in [6.07, 6.45) is 4.68. The molecule has 2 heterocycles. The Bertz CT molecular complexity index is 1440. The molecule has 2 saturated heterocycles. The fourth-order valence-electron chi connectivity index (χ4n) is 5.77. The van der Waals surface area contributed by atoms with Gasteiger partial charge in [0.15, 0.2) is 0 Å². The van der Waals surface area contributed by atoms with Crippen LogP contribution in [0, 0.1) is 0 Å². The molecular formula is C34H41N3O5S. The molecule has 2 aliphatic rings. The number of aryl methyl sites for hydroxylation is 1. The van der Waals surface area contributed by atoms with Gasteiger partial charge in [-0.1, -0.05) is 72.8 Å². The Morgan fingerprint density at radius 3 is 2.14 bits per heavy atom. The largest absolute Gasteiger partial charge is 0.376 e. The van der Waals surface area contributed by atoms with Gasteiger partial charge < -0.3 is 15.0 Å². The number of hydrogen-bond acceptors (Lipinski definition) is 5. The van der Waals surface area contributed by atoms with Crippen LogP contribution in [0.2, 0.25) is 0 Å². The second kappa shape index (κ2) is 14.8. The highest BCUT2D eigenvalue weighted by Gasteiger charge is 2.31. The summed E-state index contributed by atoms with van der Waals surface area (Å²) >= 11 is 0. The minimum atomic E-state index is -3.49. The first-order chi connectivity index (χ1) is 20.9. The summed E-state index contributed by atoms with van der Waals surface area (Å²) in [7, 11) is -3.49. The van der Waals surface area contributed by atoms with E-state index in [1.165, 1.54) is 4.31 Å². The molecule has 0 bridgehead atoms. The summed E-state index contributed by atoms with van der Waals surface area (Å²) < 4.78 is 33.1. The number of nitrogens with zero attached hydrogens (tertiary/aromatic N) is 2. The van der Waals surface area contributed by atoms with Gasteiger partial charge in [-0.15, -0.1) is 0 Å². The van der Waals surface area contributed by atoms with Gasteiger partial charge in [-0.25, -0.2) is 8.42 Å². The van der Waals surface area contributed by atoms with Crippen molar-refractivity contribution in [2.75, 3.05) is 26.2 Å². The van der Waals surface area contributed by atoms with E-state index in [4.69, 9.17) is 4.74 Å². The Hall–Kier alpha value is -3.53. The van der Waals surface area contributed by atoms with Crippen molar-refractivity contribution in [1.29, 1.82) is 0 Å². The van der Waals surface area contributed by atoms with E-state index < -0.39 is 16.1 Å². The number of amides is 2. The second-order valence-electron chi connectivity index (χ2n) is 11.3. The Morgan fingerprint density at radius 1 is 0.860 bits per heavy atom. The van der Waals surface area contributed by atoms with Crippen molar-refractivity contribution in [3.63, 3.8) is 0 Å². The first-order valence-electron chi connectivity index (χ1n) is 15.3. The fourth-order valence-corrected chi connectivity index (χ4v) is 7.29. The number of carbonyl (C=O) groups is 2. The summed E-state index contributed by atoms with van der Waals surface area (Å²) in [6.45, 7) is 2.54. The van der Waals surface area contributed by atoms with Gasteiger partial charge in [-0.3, -0.25) is 9.59 Å². The third kappa shape index (κ3) is 8.31. The maximum absolute atomic E-state index is 13.9. The molecule has 3 aromatic carbocycles. The molecule has 1 N–H and O–H groups in total. The minimum absolute atomic E-state index is 0.00291. The number of hydrogen-bond donors (Lipinski definition) is 1. The van der Waals surface area contributed by atoms with Gasteiger partial charge in [-0.05, 0) is 60.9 Å². The van der Waals surface area contributed by atoms with Crippen LogP contribution in [0.5, 0.6) is 0 Å². The van der Waals surface area contributed by atoms with Gasteiger partial charge in [0, 0.05) is 45.6 Å². The number of rotatable bonds is 13. The Balaban J connectivity index is 1.33. The topological polar surface area (TPSA) is 96.0 Å². The lowest BCUT2D eigenvalue weighted by atomic mass is 10.0. The van der Waals surface area contributed by atoms with E-state index >= 15 is 0 Å². The van der Waals surface area contributed by atoms with E-state index in [1.807, 2.05) is 60.7 Å². The lowest BCUT2D eigenvalue weighted by molar-refractivity contribution is -0.141. The van der Waals surface area contributed by atoms with Gasteiger partial charge in [0.05, 0.1) is 11.0 Å². The van der Waals surface area contributed by atoms with Crippen molar-refractivity contribution < 1.29 is 22.7 Å². The molecule has 0 saturated carbocycles. The summed E-state index contributed by atoms with van der Waals surface area (Å²) in [4.78, 5) is 29.6. The predicted octanol–water partition coefficient (Wildman–Crippen LogP) is 4.34. The van der Waals surface area contributed by atoms with E-state index in [-0.39, 0.29) is 29.2 Å². The van der Waals surface area contributed by atoms with Crippen LogP contribution in [-0.2, 0) is 43.7 Å². The minimum Gasteiger partial charge on any atom is -0.376 e. The molecule has 2 amide bonds. The maximum atomic E-state index is 13.9. The van der Waals surface area contributed by atoms with E-state index in [0.717, 1.165) is 42.4 Å². The zero-order chi connectivity index (χ0) is 30.1. The van der Waals surface area contributed by atoms with Gasteiger partial charge in [0.25, 0.3) is 0 Å². The quantitative estimate of drug-likeness (QED) is 0.314. The molecule has 228 valence electrons. The number of sulfonamides is 1. The monoisotopic (exact) mass is 603 g/mol. The predicted molar refractivity (Wildman–Crippen MR) is 166 cm³/mol. The van der Waals surface area contributed by atoms with Crippen molar-refractivity contribution in [2.24, 2.45) is 0 Å². The van der Waals surface area contributed by atoms with Crippen molar-refractivity contribution in [3.8, 4) is 0 Å². The first-order valence-corrected chi connectivity index (χ1v) is 16.7. The molecule has 8 nitrogen and oxygen atoms in total. The van der Waals surface area contributed by atoms with Gasteiger partial charge in [0.1, 0.15) is 6.04 Å². The molecule has 9 heteroatoms. The average molecular weight is 604 g/mol. The second-order valence-corrected chi connectivity index (χ2v) is 13.3. The molecular weight excluding hydrogens is 562 g/mol. The lowest BCUT2D eigenvalue weighted by Gasteiger charge is -2.32. The van der Waals surface area contributed by atoms with Gasteiger partial charge >= 0.3 is 0 Å². The van der Waals surface area contributed by atoms with Crippen LogP contribution >= 0.6 is 0 Å². The molecule has 0 unspecified atom stereocenters. The van der Waals surface area contributed by atoms with Crippen molar-refractivity contribution in [2.45, 2.75) is 68.5 Å². The van der Waals surface area contributed by atoms with E-state index in [1.54, 1.807) is 29.2 Å². The van der Waals surface area contributed by atoms with E-state index in [0.29, 0.717) is 45.6 Å². The number of nitrogens with one attached hydrogen (secondary N) is 1. The van der Waals surface area contributed by atoms with Crippen LogP contribution in [0.1, 0.15) is 48.8 Å². The molecule has 2 aliphatic heterocycles. The number of ether oxygens (including phenoxy) is 1. The third-order valence-corrected chi connectivity index (χ3v) is 10.2. The Morgan fingerprint density at radius 2 is 1.51 bits per heavy atom. The molecule has 0 aliphatic carbocycles. The zero-order valence-electron chi connectivity index (χ0n) is 24.6. The van der Waals surface area contributed by atoms with E-state index in [9.17, 15) is 18.0 Å². The van der Waals surface area contributed by atoms with Crippen LogP contribution in [0.25, 0.3) is 0 Å². The summed E-state index contributed by atoms with van der Waals surface area (Å²) in [6, 6.07) is 25.6. The smallest absolute Gasteiger partial charge is 0.243 e. The molecule has 0 spiro atoms. The summed E-state index contributed by atoms with van der Waals surface area (Å²) in [5.41, 5.74) is 2.79. The molecule has 0 aromatic heterocycles. The highest BCUT2D eigenvalue weighted by Crippen LogP contribution is 2.22. The molecule has 5 rings (SSSR count). The highest BCUT2D eigenvalue weighted by atomic mass is 32.2. The lowest BCUT2D eigenvalue weighted by Crippen LogP contribution is -2.51. The molecule has 43 heavy (non-hydrogen) atoms. The summed E-state index contributed by atoms with van der Waals surface area (Å²) in [5.74, 6) is -0.328. The average Bonchev–Trinajstić information content (AvgIpc) is 3.77. The van der Waals surface area contributed by atoms with Crippen LogP contribution in [-0.4, -0.2) is 67.8 Å². The summed E-state index contributed by atoms with van der Waals surface area (Å²) in [5, 5.41) is 3.06. The Kier molecular flexibility index (Phi) is 10.6.